The van der Waals surface area contributed by atoms with Crippen molar-refractivity contribution in [1.29, 1.82) is 0 Å². The molecule has 0 aromatic heterocycles. The predicted octanol–water partition coefficient (Wildman–Crippen LogP) is 2.84. The van der Waals surface area contributed by atoms with Gasteiger partial charge in [0, 0.05) is 18.7 Å². The Morgan fingerprint density at radius 1 is 1.10 bits per heavy atom. The Labute approximate surface area is 122 Å². The Kier molecular flexibility index (Phi) is 4.88. The molecule has 21 heavy (non-hydrogen) atoms. The van der Waals surface area contributed by atoms with E-state index in [1.807, 2.05) is 6.07 Å². The van der Waals surface area contributed by atoms with Crippen molar-refractivity contribution in [1.82, 2.24) is 4.90 Å². The van der Waals surface area contributed by atoms with Gasteiger partial charge in [0.2, 0.25) is 0 Å². The van der Waals surface area contributed by atoms with Gasteiger partial charge in [-0.3, -0.25) is 4.90 Å². The van der Waals surface area contributed by atoms with Crippen molar-refractivity contribution in [2.45, 2.75) is 12.6 Å². The summed E-state index contributed by atoms with van der Waals surface area (Å²) in [6, 6.07) is 10.3. The first-order chi connectivity index (χ1) is 9.97. The summed E-state index contributed by atoms with van der Waals surface area (Å²) in [5.74, 6) is -1.73. The molecule has 0 amide bonds. The van der Waals surface area contributed by atoms with Crippen LogP contribution in [0.1, 0.15) is 17.2 Å². The number of halogens is 2. The molecule has 1 unspecified atom stereocenters. The molecule has 0 aliphatic rings. The molecule has 0 saturated heterocycles. The van der Waals surface area contributed by atoms with Gasteiger partial charge in [-0.2, -0.15) is 0 Å². The summed E-state index contributed by atoms with van der Waals surface area (Å²) in [6.07, 6.45) is -0.934. The number of nitrogens with zero attached hydrogens (tertiary/aromatic N) is 1. The number of phenols is 1. The van der Waals surface area contributed by atoms with Crippen LogP contribution in [0.15, 0.2) is 42.5 Å². The van der Waals surface area contributed by atoms with Crippen LogP contribution < -0.4 is 0 Å². The predicted molar refractivity (Wildman–Crippen MR) is 75.8 cm³/mol. The lowest BCUT2D eigenvalue weighted by molar-refractivity contribution is 0.123. The van der Waals surface area contributed by atoms with Gasteiger partial charge in [-0.05, 0) is 30.8 Å². The highest BCUT2D eigenvalue weighted by Gasteiger charge is 2.14. The zero-order valence-electron chi connectivity index (χ0n) is 11.6. The van der Waals surface area contributed by atoms with E-state index >= 15 is 0 Å². The van der Waals surface area contributed by atoms with Gasteiger partial charge in [-0.15, -0.1) is 0 Å². The van der Waals surface area contributed by atoms with Gasteiger partial charge in [0.05, 0.1) is 6.10 Å². The Hall–Kier alpha value is -1.98. The maximum atomic E-state index is 13.1. The van der Waals surface area contributed by atoms with Crippen LogP contribution >= 0.6 is 0 Å². The fourth-order valence-electron chi connectivity index (χ4n) is 2.12. The van der Waals surface area contributed by atoms with Crippen LogP contribution in [0.4, 0.5) is 8.78 Å². The molecule has 0 fully saturated rings. The highest BCUT2D eigenvalue weighted by atomic mass is 19.2. The van der Waals surface area contributed by atoms with Crippen LogP contribution in [0.2, 0.25) is 0 Å². The van der Waals surface area contributed by atoms with Gasteiger partial charge in [-0.25, -0.2) is 8.78 Å². The van der Waals surface area contributed by atoms with Gasteiger partial charge in [0.1, 0.15) is 5.75 Å². The molecular weight excluding hydrogens is 276 g/mol. The van der Waals surface area contributed by atoms with E-state index in [2.05, 4.69) is 0 Å². The fraction of sp³-hybridized carbons (Fsp3) is 0.250. The molecule has 0 radical (unpaired) electrons. The lowest BCUT2D eigenvalue weighted by atomic mass is 10.1. The van der Waals surface area contributed by atoms with Crippen molar-refractivity contribution >= 4 is 0 Å². The van der Waals surface area contributed by atoms with Crippen LogP contribution in [0.5, 0.6) is 5.75 Å². The number of likely N-dealkylation sites (N-methyl/N-ethyl adjacent to an activating group) is 1. The molecule has 0 heterocycles. The average Bonchev–Trinajstić information content (AvgIpc) is 2.44. The maximum Gasteiger partial charge on any atom is 0.159 e. The molecule has 2 aromatic rings. The monoisotopic (exact) mass is 293 g/mol. The number of hydrogen-bond donors (Lipinski definition) is 2. The summed E-state index contributed by atoms with van der Waals surface area (Å²) in [7, 11) is 1.77. The Morgan fingerprint density at radius 2 is 1.81 bits per heavy atom. The molecule has 0 spiro atoms. The number of hydrogen-bond acceptors (Lipinski definition) is 3. The van der Waals surface area contributed by atoms with E-state index in [1.165, 1.54) is 6.07 Å². The molecule has 0 bridgehead atoms. The summed E-state index contributed by atoms with van der Waals surface area (Å²) in [5, 5.41) is 19.8. The van der Waals surface area contributed by atoms with Crippen molar-refractivity contribution in [3.8, 4) is 5.75 Å². The molecule has 0 saturated carbocycles. The van der Waals surface area contributed by atoms with E-state index in [9.17, 15) is 19.0 Å². The molecule has 2 aromatic carbocycles. The third kappa shape index (κ3) is 4.00. The van der Waals surface area contributed by atoms with Crippen LogP contribution in [0.25, 0.3) is 0 Å². The van der Waals surface area contributed by atoms with Crippen molar-refractivity contribution in [3.05, 3.63) is 65.2 Å². The zero-order chi connectivity index (χ0) is 15.4. The van der Waals surface area contributed by atoms with Crippen molar-refractivity contribution in [3.63, 3.8) is 0 Å². The number of aromatic hydroxyl groups is 1. The number of para-hydroxylation sites is 1. The maximum absolute atomic E-state index is 13.1. The second-order valence-corrected chi connectivity index (χ2v) is 5.01. The van der Waals surface area contributed by atoms with Crippen LogP contribution in [-0.4, -0.2) is 28.7 Å². The Morgan fingerprint density at radius 3 is 2.48 bits per heavy atom. The molecule has 1 atom stereocenters. The van der Waals surface area contributed by atoms with E-state index in [4.69, 9.17) is 0 Å². The number of phenolic OH excluding ortho intramolecular Hbond substituents is 1. The smallest absolute Gasteiger partial charge is 0.159 e. The fourth-order valence-corrected chi connectivity index (χ4v) is 2.12. The average molecular weight is 293 g/mol. The molecule has 112 valence electrons. The van der Waals surface area contributed by atoms with Gasteiger partial charge >= 0.3 is 0 Å². The van der Waals surface area contributed by atoms with Gasteiger partial charge < -0.3 is 10.2 Å². The van der Waals surface area contributed by atoms with Crippen molar-refractivity contribution in [2.24, 2.45) is 0 Å². The first-order valence-electron chi connectivity index (χ1n) is 6.56. The highest BCUT2D eigenvalue weighted by Crippen LogP contribution is 2.20. The van der Waals surface area contributed by atoms with Gasteiger partial charge in [-0.1, -0.05) is 24.3 Å². The van der Waals surface area contributed by atoms with E-state index < -0.39 is 17.7 Å². The topological polar surface area (TPSA) is 43.7 Å². The summed E-state index contributed by atoms with van der Waals surface area (Å²) in [4.78, 5) is 1.79. The van der Waals surface area contributed by atoms with Crippen molar-refractivity contribution < 1.29 is 19.0 Å². The van der Waals surface area contributed by atoms with E-state index in [0.717, 1.165) is 17.7 Å². The number of rotatable bonds is 5. The molecule has 0 aliphatic heterocycles. The zero-order valence-corrected chi connectivity index (χ0v) is 11.6. The quantitative estimate of drug-likeness (QED) is 0.891. The minimum atomic E-state index is -0.977. The van der Waals surface area contributed by atoms with Crippen LogP contribution in [0.3, 0.4) is 0 Å². The van der Waals surface area contributed by atoms with Crippen molar-refractivity contribution in [2.75, 3.05) is 13.6 Å². The minimum absolute atomic E-state index is 0.187. The SMILES string of the molecule is CN(Cc1ccccc1O)CC(O)c1ccc(F)c(F)c1. The van der Waals surface area contributed by atoms with E-state index in [-0.39, 0.29) is 12.3 Å². The lowest BCUT2D eigenvalue weighted by Crippen LogP contribution is -2.24. The Balaban J connectivity index is 2.00. The van der Waals surface area contributed by atoms with E-state index in [0.29, 0.717) is 12.1 Å². The molecular formula is C16H17F2NO2. The second-order valence-electron chi connectivity index (χ2n) is 5.01. The minimum Gasteiger partial charge on any atom is -0.508 e. The summed E-state index contributed by atoms with van der Waals surface area (Å²) >= 11 is 0. The molecule has 5 heteroatoms. The highest BCUT2D eigenvalue weighted by molar-refractivity contribution is 5.31. The van der Waals surface area contributed by atoms with Gasteiger partial charge in [0.15, 0.2) is 11.6 Å². The largest absolute Gasteiger partial charge is 0.508 e. The molecule has 2 rings (SSSR count). The number of benzene rings is 2. The van der Waals surface area contributed by atoms with Crippen LogP contribution in [-0.2, 0) is 6.54 Å². The second kappa shape index (κ2) is 6.65. The van der Waals surface area contributed by atoms with E-state index in [1.54, 1.807) is 30.1 Å². The van der Waals surface area contributed by atoms with Gasteiger partial charge in [0.25, 0.3) is 0 Å². The Bertz CT molecular complexity index is 619. The molecule has 0 aliphatic carbocycles. The number of aliphatic hydroxyl groups is 1. The first kappa shape index (κ1) is 15.4. The summed E-state index contributed by atoms with van der Waals surface area (Å²) in [6.45, 7) is 0.673. The normalized spacial score (nSPS) is 12.6. The third-order valence-electron chi connectivity index (χ3n) is 3.24. The number of aliphatic hydroxyl groups excluding tert-OH is 1. The third-order valence-corrected chi connectivity index (χ3v) is 3.24. The summed E-state index contributed by atoms with van der Waals surface area (Å²) < 4.78 is 26.0. The van der Waals surface area contributed by atoms with Crippen LogP contribution in [0, 0.1) is 11.6 Å². The lowest BCUT2D eigenvalue weighted by Gasteiger charge is -2.21. The standard InChI is InChI=1S/C16H17F2NO2/c1-19(9-12-4-2-3-5-15(12)20)10-16(21)11-6-7-13(17)14(18)8-11/h2-8,16,20-21H,9-10H2,1H3. The molecule has 2 N–H and O–H groups in total. The summed E-state index contributed by atoms with van der Waals surface area (Å²) in [5.41, 5.74) is 1.05. The first-order valence-corrected chi connectivity index (χ1v) is 6.56. The molecule has 3 nitrogen and oxygen atoms in total.